The quantitative estimate of drug-likeness (QED) is 0.569. The van der Waals surface area contributed by atoms with E-state index < -0.39 is 0 Å². The Labute approximate surface area is 71.0 Å². The molecule has 0 aromatic heterocycles. The zero-order chi connectivity index (χ0) is 8.69. The van der Waals surface area contributed by atoms with Crippen LogP contribution in [-0.2, 0) is 0 Å². The minimum absolute atomic E-state index is 0.833. The summed E-state index contributed by atoms with van der Waals surface area (Å²) in [4.78, 5) is 2.33. The molecule has 1 saturated heterocycles. The van der Waals surface area contributed by atoms with Crippen LogP contribution in [0.5, 0.6) is 0 Å². The second-order valence-electron chi connectivity index (χ2n) is 3.79. The van der Waals surface area contributed by atoms with Crippen molar-refractivity contribution in [1.82, 2.24) is 10.2 Å². The largest absolute Gasteiger partial charge is 0.314 e. The van der Waals surface area contributed by atoms with Gasteiger partial charge in [0.15, 0.2) is 0 Å². The predicted molar refractivity (Wildman–Crippen MR) is 50.9 cm³/mol. The van der Waals surface area contributed by atoms with Crippen LogP contribution in [-0.4, -0.2) is 38.1 Å². The van der Waals surface area contributed by atoms with Crippen LogP contribution in [0.25, 0.3) is 0 Å². The van der Waals surface area contributed by atoms with Crippen molar-refractivity contribution < 1.29 is 0 Å². The van der Waals surface area contributed by atoms with Gasteiger partial charge in [-0.1, -0.05) is 20.8 Å². The van der Waals surface area contributed by atoms with Gasteiger partial charge in [0.05, 0.1) is 0 Å². The highest BCUT2D eigenvalue weighted by Gasteiger charge is 2.01. The highest BCUT2D eigenvalue weighted by Crippen LogP contribution is 1.83. The fourth-order valence-corrected chi connectivity index (χ4v) is 0.777. The van der Waals surface area contributed by atoms with E-state index >= 15 is 0 Å². The monoisotopic (exact) mass is 158 g/mol. The summed E-state index contributed by atoms with van der Waals surface area (Å²) in [5, 5.41) is 3.27. The Kier molecular flexibility index (Phi) is 6.57. The Balaban J connectivity index is 0.000000218. The van der Waals surface area contributed by atoms with E-state index in [1.807, 2.05) is 0 Å². The van der Waals surface area contributed by atoms with Gasteiger partial charge in [0, 0.05) is 26.2 Å². The van der Waals surface area contributed by atoms with Crippen LogP contribution in [0, 0.1) is 5.92 Å². The molecule has 11 heavy (non-hydrogen) atoms. The van der Waals surface area contributed by atoms with Crippen LogP contribution in [0.2, 0.25) is 0 Å². The molecule has 1 rings (SSSR count). The molecule has 0 aromatic rings. The molecule has 1 heterocycles. The summed E-state index contributed by atoms with van der Waals surface area (Å²) in [5.74, 6) is 0.833. The Bertz CT molecular complexity index is 72.9. The summed E-state index contributed by atoms with van der Waals surface area (Å²) < 4.78 is 0. The summed E-state index contributed by atoms with van der Waals surface area (Å²) in [7, 11) is 2.15. The van der Waals surface area contributed by atoms with Crippen LogP contribution >= 0.6 is 0 Å². The van der Waals surface area contributed by atoms with Crippen LogP contribution in [0.15, 0.2) is 0 Å². The zero-order valence-corrected chi connectivity index (χ0v) is 8.35. The maximum absolute atomic E-state index is 3.27. The zero-order valence-electron chi connectivity index (χ0n) is 8.35. The van der Waals surface area contributed by atoms with Crippen molar-refractivity contribution in [2.75, 3.05) is 33.2 Å². The Morgan fingerprint density at radius 1 is 1.09 bits per heavy atom. The molecule has 1 aliphatic heterocycles. The number of rotatable bonds is 0. The summed E-state index contributed by atoms with van der Waals surface area (Å²) in [5.41, 5.74) is 0. The average molecular weight is 158 g/mol. The summed E-state index contributed by atoms with van der Waals surface area (Å²) in [6.45, 7) is 11.2. The minimum Gasteiger partial charge on any atom is -0.314 e. The second-order valence-corrected chi connectivity index (χ2v) is 3.79. The van der Waals surface area contributed by atoms with Crippen molar-refractivity contribution in [3.63, 3.8) is 0 Å². The SMILES string of the molecule is CC(C)C.CN1CCNCC1. The fourth-order valence-electron chi connectivity index (χ4n) is 0.777. The normalized spacial score (nSPS) is 19.4. The van der Waals surface area contributed by atoms with Crippen LogP contribution < -0.4 is 5.32 Å². The lowest BCUT2D eigenvalue weighted by molar-refractivity contribution is 0.291. The first-order valence-corrected chi connectivity index (χ1v) is 4.52. The molecular formula is C9H22N2. The number of piperazine rings is 1. The third-order valence-corrected chi connectivity index (χ3v) is 1.34. The molecule has 0 bridgehead atoms. The van der Waals surface area contributed by atoms with E-state index in [1.54, 1.807) is 0 Å². The first-order valence-electron chi connectivity index (χ1n) is 4.52. The average Bonchev–Trinajstić information content (AvgIpc) is 1.87. The van der Waals surface area contributed by atoms with Gasteiger partial charge in [-0.05, 0) is 13.0 Å². The topological polar surface area (TPSA) is 15.3 Å². The first-order chi connectivity index (χ1) is 5.13. The molecule has 0 saturated carbocycles. The highest BCUT2D eigenvalue weighted by molar-refractivity contribution is 4.62. The molecule has 2 heteroatoms. The fraction of sp³-hybridized carbons (Fsp3) is 1.00. The first kappa shape index (κ1) is 10.9. The van der Waals surface area contributed by atoms with E-state index in [4.69, 9.17) is 0 Å². The smallest absolute Gasteiger partial charge is 0.0104 e. The van der Waals surface area contributed by atoms with E-state index in [0.717, 1.165) is 19.0 Å². The number of nitrogens with zero attached hydrogens (tertiary/aromatic N) is 1. The third-order valence-electron chi connectivity index (χ3n) is 1.34. The lowest BCUT2D eigenvalue weighted by atomic mass is 10.3. The minimum atomic E-state index is 0.833. The molecule has 0 aliphatic carbocycles. The standard InChI is InChI=1S/C5H12N2.C4H10/c1-7-4-2-6-3-5-7;1-4(2)3/h6H,2-5H2,1H3;4H,1-3H3. The van der Waals surface area contributed by atoms with E-state index in [-0.39, 0.29) is 0 Å². The van der Waals surface area contributed by atoms with Gasteiger partial charge < -0.3 is 10.2 Å². The van der Waals surface area contributed by atoms with Crippen molar-refractivity contribution in [3.05, 3.63) is 0 Å². The third kappa shape index (κ3) is 9.92. The Hall–Kier alpha value is -0.0800. The van der Waals surface area contributed by atoms with Gasteiger partial charge in [-0.3, -0.25) is 0 Å². The molecule has 0 radical (unpaired) electrons. The number of hydrogen-bond donors (Lipinski definition) is 1. The van der Waals surface area contributed by atoms with E-state index in [9.17, 15) is 0 Å². The van der Waals surface area contributed by atoms with Gasteiger partial charge in [0.2, 0.25) is 0 Å². The van der Waals surface area contributed by atoms with E-state index in [0.29, 0.717) is 0 Å². The van der Waals surface area contributed by atoms with Gasteiger partial charge in [0.1, 0.15) is 0 Å². The van der Waals surface area contributed by atoms with Crippen molar-refractivity contribution in [1.29, 1.82) is 0 Å². The highest BCUT2D eigenvalue weighted by atomic mass is 15.2. The summed E-state index contributed by atoms with van der Waals surface area (Å²) in [6, 6.07) is 0. The molecule has 1 aliphatic rings. The molecule has 0 amide bonds. The molecule has 0 spiro atoms. The summed E-state index contributed by atoms with van der Waals surface area (Å²) >= 11 is 0. The Morgan fingerprint density at radius 2 is 1.45 bits per heavy atom. The number of nitrogens with one attached hydrogen (secondary N) is 1. The van der Waals surface area contributed by atoms with Crippen molar-refractivity contribution in [3.8, 4) is 0 Å². The molecule has 0 atom stereocenters. The van der Waals surface area contributed by atoms with Gasteiger partial charge in [-0.15, -0.1) is 0 Å². The molecule has 0 unspecified atom stereocenters. The maximum atomic E-state index is 3.27. The van der Waals surface area contributed by atoms with Gasteiger partial charge in [0.25, 0.3) is 0 Å². The molecule has 0 aromatic carbocycles. The van der Waals surface area contributed by atoms with Gasteiger partial charge in [-0.2, -0.15) is 0 Å². The molecule has 1 fully saturated rings. The van der Waals surface area contributed by atoms with E-state index in [2.05, 4.69) is 38.0 Å². The van der Waals surface area contributed by atoms with Crippen LogP contribution in [0.3, 0.4) is 0 Å². The van der Waals surface area contributed by atoms with Crippen molar-refractivity contribution in [2.45, 2.75) is 20.8 Å². The predicted octanol–water partition coefficient (Wildman–Crippen LogP) is 1.18. The van der Waals surface area contributed by atoms with Gasteiger partial charge in [-0.25, -0.2) is 0 Å². The number of hydrogen-bond acceptors (Lipinski definition) is 2. The van der Waals surface area contributed by atoms with E-state index in [1.165, 1.54) is 13.1 Å². The molecule has 1 N–H and O–H groups in total. The lowest BCUT2D eigenvalue weighted by Gasteiger charge is -2.21. The van der Waals surface area contributed by atoms with Gasteiger partial charge >= 0.3 is 0 Å². The van der Waals surface area contributed by atoms with Crippen molar-refractivity contribution in [2.24, 2.45) is 5.92 Å². The van der Waals surface area contributed by atoms with Crippen molar-refractivity contribution >= 4 is 0 Å². The van der Waals surface area contributed by atoms with Crippen LogP contribution in [0.4, 0.5) is 0 Å². The molecular weight excluding hydrogens is 136 g/mol. The Morgan fingerprint density at radius 3 is 1.64 bits per heavy atom. The molecule has 2 nitrogen and oxygen atoms in total. The second kappa shape index (κ2) is 6.62. The summed E-state index contributed by atoms with van der Waals surface area (Å²) in [6.07, 6.45) is 0. The van der Waals surface area contributed by atoms with Crippen LogP contribution in [0.1, 0.15) is 20.8 Å². The molecule has 68 valence electrons. The lowest BCUT2D eigenvalue weighted by Crippen LogP contribution is -2.40. The maximum Gasteiger partial charge on any atom is 0.0104 e. The number of likely N-dealkylation sites (N-methyl/N-ethyl adjacent to an activating group) is 1.